The number of benzene rings is 1. The average Bonchev–Trinajstić information content (AvgIpc) is 3.32. The first-order valence-electron chi connectivity index (χ1n) is 10.5. The van der Waals surface area contributed by atoms with Crippen molar-refractivity contribution in [1.82, 2.24) is 19.4 Å². The molecule has 3 aromatic rings. The topological polar surface area (TPSA) is 66.3 Å². The number of piperazine rings is 1. The van der Waals surface area contributed by atoms with E-state index in [0.717, 1.165) is 0 Å². The van der Waals surface area contributed by atoms with Crippen LogP contribution >= 0.6 is 0 Å². The fourth-order valence-corrected chi connectivity index (χ4v) is 3.69. The molecule has 0 saturated carbocycles. The maximum atomic E-state index is 13.1. The van der Waals surface area contributed by atoms with E-state index < -0.39 is 35.2 Å². The van der Waals surface area contributed by atoms with E-state index in [1.54, 1.807) is 13.0 Å². The minimum absolute atomic E-state index is 0.0140. The maximum Gasteiger partial charge on any atom is 0.416 e. The Balaban J connectivity index is 1.45. The molecular weight excluding hydrogens is 478 g/mol. The molecule has 0 spiro atoms. The first kappa shape index (κ1) is 24.4. The number of aromatic nitrogens is 3. The minimum atomic E-state index is -5.00. The molecule has 0 radical (unpaired) electrons. The number of anilines is 2. The SMILES string of the molecule is Cc1nc(N2CCN(C(=O)Nc3cc(C(F)(F)F)cc(C(F)(F)F)c3)CC2)cc(-n2cccc2)n1. The van der Waals surface area contributed by atoms with Crippen molar-refractivity contribution in [3.8, 4) is 5.82 Å². The Morgan fingerprint density at radius 1 is 0.829 bits per heavy atom. The van der Waals surface area contributed by atoms with E-state index in [0.29, 0.717) is 42.7 Å². The van der Waals surface area contributed by atoms with Crippen molar-refractivity contribution in [3.63, 3.8) is 0 Å². The summed E-state index contributed by atoms with van der Waals surface area (Å²) in [5.74, 6) is 1.87. The van der Waals surface area contributed by atoms with Gasteiger partial charge in [0.15, 0.2) is 0 Å². The predicted octanol–water partition coefficient (Wildman–Crippen LogP) is 4.97. The van der Waals surface area contributed by atoms with Crippen molar-refractivity contribution < 1.29 is 31.1 Å². The Morgan fingerprint density at radius 2 is 1.37 bits per heavy atom. The summed E-state index contributed by atoms with van der Waals surface area (Å²) >= 11 is 0. The lowest BCUT2D eigenvalue weighted by atomic mass is 10.1. The second-order valence-electron chi connectivity index (χ2n) is 7.92. The molecule has 2 amide bonds. The molecule has 186 valence electrons. The van der Waals surface area contributed by atoms with Gasteiger partial charge in [0.2, 0.25) is 0 Å². The zero-order valence-corrected chi connectivity index (χ0v) is 18.4. The number of halogens is 6. The number of aryl methyl sites for hydroxylation is 1. The normalized spacial score (nSPS) is 14.8. The number of urea groups is 1. The van der Waals surface area contributed by atoms with E-state index in [4.69, 9.17) is 0 Å². The first-order valence-corrected chi connectivity index (χ1v) is 10.5. The average molecular weight is 498 g/mol. The molecule has 3 heterocycles. The van der Waals surface area contributed by atoms with Crippen molar-refractivity contribution >= 4 is 17.5 Å². The number of amides is 2. The van der Waals surface area contributed by atoms with Crippen molar-refractivity contribution in [2.75, 3.05) is 36.4 Å². The maximum absolute atomic E-state index is 13.1. The number of hydrogen-bond donors (Lipinski definition) is 1. The Morgan fingerprint density at radius 3 is 1.91 bits per heavy atom. The minimum Gasteiger partial charge on any atom is -0.353 e. The highest BCUT2D eigenvalue weighted by Crippen LogP contribution is 2.37. The Kier molecular flexibility index (Phi) is 6.34. The van der Waals surface area contributed by atoms with Gasteiger partial charge in [-0.3, -0.25) is 0 Å². The van der Waals surface area contributed by atoms with Gasteiger partial charge in [-0.2, -0.15) is 26.3 Å². The van der Waals surface area contributed by atoms with E-state index in [1.165, 1.54) is 4.90 Å². The van der Waals surface area contributed by atoms with Crippen LogP contribution in [-0.2, 0) is 12.4 Å². The summed E-state index contributed by atoms with van der Waals surface area (Å²) in [6.45, 7) is 2.87. The van der Waals surface area contributed by atoms with Crippen LogP contribution in [0.3, 0.4) is 0 Å². The van der Waals surface area contributed by atoms with Gasteiger partial charge in [-0.1, -0.05) is 0 Å². The third kappa shape index (κ3) is 5.66. The quantitative estimate of drug-likeness (QED) is 0.518. The number of carbonyl (C=O) groups excluding carboxylic acids is 1. The van der Waals surface area contributed by atoms with Crippen LogP contribution < -0.4 is 10.2 Å². The van der Waals surface area contributed by atoms with Crippen LogP contribution in [-0.4, -0.2) is 51.6 Å². The molecule has 0 bridgehead atoms. The summed E-state index contributed by atoms with van der Waals surface area (Å²) < 4.78 is 80.3. The highest BCUT2D eigenvalue weighted by molar-refractivity contribution is 5.89. The van der Waals surface area contributed by atoms with E-state index in [-0.39, 0.29) is 19.2 Å². The van der Waals surface area contributed by atoms with Gasteiger partial charge in [0.1, 0.15) is 17.5 Å². The highest BCUT2D eigenvalue weighted by atomic mass is 19.4. The molecule has 0 atom stereocenters. The summed E-state index contributed by atoms with van der Waals surface area (Å²) in [5, 5.41) is 2.17. The number of nitrogens with one attached hydrogen (secondary N) is 1. The summed E-state index contributed by atoms with van der Waals surface area (Å²) in [7, 11) is 0. The number of carbonyl (C=O) groups is 1. The van der Waals surface area contributed by atoms with Gasteiger partial charge in [-0.25, -0.2) is 14.8 Å². The molecule has 13 heteroatoms. The number of nitrogens with zero attached hydrogens (tertiary/aromatic N) is 5. The smallest absolute Gasteiger partial charge is 0.353 e. The lowest BCUT2D eigenvalue weighted by molar-refractivity contribution is -0.143. The molecule has 1 saturated heterocycles. The molecule has 1 aliphatic heterocycles. The standard InChI is InChI=1S/C22H20F6N6O/c1-14-29-18(32-4-2-3-5-32)13-19(30-14)33-6-8-34(9-7-33)20(35)31-17-11-15(21(23,24)25)10-16(12-17)22(26,27)28/h2-5,10-13H,6-9H2,1H3,(H,31,35). The fourth-order valence-electron chi connectivity index (χ4n) is 3.69. The van der Waals surface area contributed by atoms with Gasteiger partial charge in [0.25, 0.3) is 0 Å². The number of hydrogen-bond acceptors (Lipinski definition) is 4. The summed E-state index contributed by atoms with van der Waals surface area (Å²) in [6, 6.07) is 5.70. The van der Waals surface area contributed by atoms with Crippen molar-refractivity contribution in [3.05, 3.63) is 65.7 Å². The molecular formula is C22H20F6N6O. The van der Waals surface area contributed by atoms with E-state index in [9.17, 15) is 31.1 Å². The molecule has 1 fully saturated rings. The number of rotatable bonds is 3. The fraction of sp³-hybridized carbons (Fsp3) is 0.318. The largest absolute Gasteiger partial charge is 0.416 e. The molecule has 2 aromatic heterocycles. The molecule has 7 nitrogen and oxygen atoms in total. The first-order chi connectivity index (χ1) is 16.4. The van der Waals surface area contributed by atoms with Crippen LogP contribution in [0, 0.1) is 6.92 Å². The lowest BCUT2D eigenvalue weighted by Crippen LogP contribution is -2.50. The van der Waals surface area contributed by atoms with Crippen LogP contribution in [0.1, 0.15) is 17.0 Å². The third-order valence-corrected chi connectivity index (χ3v) is 5.41. The van der Waals surface area contributed by atoms with Crippen LogP contribution in [0.4, 0.5) is 42.6 Å². The Hall–Kier alpha value is -3.77. The van der Waals surface area contributed by atoms with E-state index in [2.05, 4.69) is 15.3 Å². The van der Waals surface area contributed by atoms with Crippen molar-refractivity contribution in [2.24, 2.45) is 0 Å². The Bertz CT molecular complexity index is 1170. The zero-order chi connectivity index (χ0) is 25.4. The third-order valence-electron chi connectivity index (χ3n) is 5.41. The Labute approximate surface area is 196 Å². The second-order valence-corrected chi connectivity index (χ2v) is 7.92. The molecule has 1 aromatic carbocycles. The molecule has 1 N–H and O–H groups in total. The van der Waals surface area contributed by atoms with E-state index in [1.807, 2.05) is 34.0 Å². The lowest BCUT2D eigenvalue weighted by Gasteiger charge is -2.35. The van der Waals surface area contributed by atoms with Crippen LogP contribution in [0.5, 0.6) is 0 Å². The van der Waals surface area contributed by atoms with Gasteiger partial charge in [-0.15, -0.1) is 0 Å². The van der Waals surface area contributed by atoms with Crippen LogP contribution in [0.2, 0.25) is 0 Å². The predicted molar refractivity (Wildman–Crippen MR) is 115 cm³/mol. The van der Waals surface area contributed by atoms with Crippen molar-refractivity contribution in [1.29, 1.82) is 0 Å². The van der Waals surface area contributed by atoms with Gasteiger partial charge in [-0.05, 0) is 37.3 Å². The molecule has 0 aliphatic carbocycles. The van der Waals surface area contributed by atoms with Crippen LogP contribution in [0.25, 0.3) is 5.82 Å². The molecule has 1 aliphatic rings. The molecule has 35 heavy (non-hydrogen) atoms. The second kappa shape index (κ2) is 9.12. The highest BCUT2D eigenvalue weighted by Gasteiger charge is 2.37. The summed E-state index contributed by atoms with van der Waals surface area (Å²) in [5.41, 5.74) is -3.57. The van der Waals surface area contributed by atoms with Crippen molar-refractivity contribution in [2.45, 2.75) is 19.3 Å². The van der Waals surface area contributed by atoms with E-state index >= 15 is 0 Å². The van der Waals surface area contributed by atoms with Crippen LogP contribution in [0.15, 0.2) is 48.8 Å². The van der Waals surface area contributed by atoms with Gasteiger partial charge in [0, 0.05) is 50.3 Å². The summed E-state index contributed by atoms with van der Waals surface area (Å²) in [4.78, 5) is 24.7. The molecule has 0 unspecified atom stereocenters. The summed E-state index contributed by atoms with van der Waals surface area (Å²) in [6.07, 6.45) is -6.32. The number of alkyl halides is 6. The zero-order valence-electron chi connectivity index (χ0n) is 18.4. The monoisotopic (exact) mass is 498 g/mol. The van der Waals surface area contributed by atoms with Gasteiger partial charge >= 0.3 is 18.4 Å². The van der Waals surface area contributed by atoms with Gasteiger partial charge < -0.3 is 19.7 Å². The van der Waals surface area contributed by atoms with Gasteiger partial charge in [0.05, 0.1) is 11.1 Å². The molecule has 4 rings (SSSR count).